The fourth-order valence-electron chi connectivity index (χ4n) is 2.84. The minimum absolute atomic E-state index is 0. The summed E-state index contributed by atoms with van der Waals surface area (Å²) in [5.41, 5.74) is 3.07. The van der Waals surface area contributed by atoms with Gasteiger partial charge in [0, 0.05) is 16.9 Å². The van der Waals surface area contributed by atoms with Crippen molar-refractivity contribution >= 4 is 49.5 Å². The number of hydrogen-bond acceptors (Lipinski definition) is 4. The Morgan fingerprint density at radius 2 is 1.88 bits per heavy atom. The van der Waals surface area contributed by atoms with E-state index in [-0.39, 0.29) is 12.4 Å². The average molecular weight is 381 g/mol. The summed E-state index contributed by atoms with van der Waals surface area (Å²) in [6.45, 7) is 1.78. The van der Waals surface area contributed by atoms with Gasteiger partial charge < -0.3 is 5.32 Å². The highest BCUT2D eigenvalue weighted by Gasteiger charge is 2.18. The number of thiophene rings is 1. The third-order valence-electron chi connectivity index (χ3n) is 4.01. The van der Waals surface area contributed by atoms with Gasteiger partial charge in [0.05, 0.1) is 0 Å². The predicted molar refractivity (Wildman–Crippen MR) is 102 cm³/mol. The van der Waals surface area contributed by atoms with Crippen molar-refractivity contribution in [2.75, 3.05) is 11.3 Å². The Morgan fingerprint density at radius 3 is 2.71 bits per heavy atom. The van der Waals surface area contributed by atoms with Crippen LogP contribution in [0.3, 0.4) is 0 Å². The van der Waals surface area contributed by atoms with Gasteiger partial charge in [-0.15, -0.1) is 23.7 Å². The second kappa shape index (κ2) is 6.72. The van der Waals surface area contributed by atoms with Gasteiger partial charge in [-0.3, -0.25) is 4.72 Å². The Morgan fingerprint density at radius 1 is 1.04 bits per heavy atom. The Balaban J connectivity index is 0.00000169. The first-order chi connectivity index (χ1) is 11.1. The number of hydrogen-bond donors (Lipinski definition) is 2. The Labute approximate surface area is 151 Å². The van der Waals surface area contributed by atoms with Crippen LogP contribution in [0.5, 0.6) is 0 Å². The standard InChI is InChI=1S/C17H16N2O2S2.ClH/c20-23(21,17-10-13-3-1-2-4-16(13)22-17)19-15-6-5-14-11-18-8-7-12(14)9-15;/h1-6,9-10,18-19H,7-8,11H2;1H. The Hall–Kier alpha value is -1.60. The molecule has 1 aliphatic rings. The van der Waals surface area contributed by atoms with Crippen LogP contribution in [0, 0.1) is 0 Å². The molecule has 1 aliphatic heterocycles. The van der Waals surface area contributed by atoms with E-state index in [9.17, 15) is 8.42 Å². The van der Waals surface area contributed by atoms with Crippen molar-refractivity contribution in [2.24, 2.45) is 0 Å². The van der Waals surface area contributed by atoms with E-state index < -0.39 is 10.0 Å². The lowest BCUT2D eigenvalue weighted by atomic mass is 10.0. The number of anilines is 1. The maximum absolute atomic E-state index is 12.6. The van der Waals surface area contributed by atoms with E-state index in [1.165, 1.54) is 22.5 Å². The van der Waals surface area contributed by atoms with Crippen molar-refractivity contribution in [3.63, 3.8) is 0 Å². The molecule has 3 aromatic rings. The van der Waals surface area contributed by atoms with Crippen LogP contribution in [0.2, 0.25) is 0 Å². The summed E-state index contributed by atoms with van der Waals surface area (Å²) in [5, 5.41) is 4.27. The number of halogens is 1. The molecule has 4 rings (SSSR count). The summed E-state index contributed by atoms with van der Waals surface area (Å²) in [6, 6.07) is 15.2. The lowest BCUT2D eigenvalue weighted by Crippen LogP contribution is -2.23. The van der Waals surface area contributed by atoms with Crippen LogP contribution in [-0.2, 0) is 23.0 Å². The summed E-state index contributed by atoms with van der Waals surface area (Å²) in [4.78, 5) is 0. The summed E-state index contributed by atoms with van der Waals surface area (Å²) in [6.07, 6.45) is 0.924. The molecule has 4 nitrogen and oxygen atoms in total. The van der Waals surface area contributed by atoms with Crippen molar-refractivity contribution in [3.05, 3.63) is 59.7 Å². The van der Waals surface area contributed by atoms with Gasteiger partial charge in [0.25, 0.3) is 10.0 Å². The molecule has 0 saturated carbocycles. The highest BCUT2D eigenvalue weighted by Crippen LogP contribution is 2.30. The summed E-state index contributed by atoms with van der Waals surface area (Å²) >= 11 is 1.29. The van der Waals surface area contributed by atoms with E-state index in [2.05, 4.69) is 10.0 Å². The molecule has 0 aliphatic carbocycles. The molecule has 2 heterocycles. The van der Waals surface area contributed by atoms with Crippen LogP contribution in [0.25, 0.3) is 10.1 Å². The van der Waals surface area contributed by atoms with Crippen LogP contribution in [0.15, 0.2) is 52.7 Å². The monoisotopic (exact) mass is 380 g/mol. The highest BCUT2D eigenvalue weighted by molar-refractivity contribution is 7.94. The van der Waals surface area contributed by atoms with E-state index >= 15 is 0 Å². The van der Waals surface area contributed by atoms with Gasteiger partial charge in [0.1, 0.15) is 4.21 Å². The van der Waals surface area contributed by atoms with Crippen molar-refractivity contribution in [1.29, 1.82) is 0 Å². The number of benzene rings is 2. The minimum atomic E-state index is -3.55. The molecule has 0 unspecified atom stereocenters. The molecule has 2 N–H and O–H groups in total. The molecule has 0 saturated heterocycles. The molecule has 0 fully saturated rings. The molecular formula is C17H17ClN2O2S2. The van der Waals surface area contributed by atoms with Crippen molar-refractivity contribution in [2.45, 2.75) is 17.2 Å². The summed E-state index contributed by atoms with van der Waals surface area (Å²) in [5.74, 6) is 0. The quantitative estimate of drug-likeness (QED) is 0.727. The van der Waals surface area contributed by atoms with Crippen LogP contribution >= 0.6 is 23.7 Å². The maximum atomic E-state index is 12.6. The van der Waals surface area contributed by atoms with E-state index in [1.807, 2.05) is 42.5 Å². The number of sulfonamides is 1. The second-order valence-electron chi connectivity index (χ2n) is 5.62. The first kappa shape index (κ1) is 17.2. The van der Waals surface area contributed by atoms with E-state index in [4.69, 9.17) is 0 Å². The largest absolute Gasteiger partial charge is 0.312 e. The fourth-order valence-corrected chi connectivity index (χ4v) is 5.28. The molecule has 0 amide bonds. The van der Waals surface area contributed by atoms with Gasteiger partial charge in [0.2, 0.25) is 0 Å². The molecule has 0 atom stereocenters. The molecule has 1 aromatic heterocycles. The maximum Gasteiger partial charge on any atom is 0.271 e. The Kier molecular flexibility index (Phi) is 4.83. The van der Waals surface area contributed by atoms with Crippen LogP contribution in [0.4, 0.5) is 5.69 Å². The second-order valence-corrected chi connectivity index (χ2v) is 8.61. The third-order valence-corrected chi connectivity index (χ3v) is 6.98. The number of rotatable bonds is 3. The number of nitrogens with one attached hydrogen (secondary N) is 2. The molecule has 0 bridgehead atoms. The normalized spacial score (nSPS) is 14.0. The lowest BCUT2D eigenvalue weighted by molar-refractivity contribution is 0.603. The molecule has 0 spiro atoms. The third kappa shape index (κ3) is 3.28. The Bertz CT molecular complexity index is 950. The van der Waals surface area contributed by atoms with Gasteiger partial charge in [0.15, 0.2) is 0 Å². The topological polar surface area (TPSA) is 58.2 Å². The van der Waals surface area contributed by atoms with E-state index in [0.29, 0.717) is 9.90 Å². The SMILES string of the molecule is Cl.O=S(=O)(Nc1ccc2c(c1)CCNC2)c1cc2ccccc2s1. The number of fused-ring (bicyclic) bond motifs is 2. The lowest BCUT2D eigenvalue weighted by Gasteiger charge is -2.18. The van der Waals surface area contributed by atoms with Crippen LogP contribution in [0.1, 0.15) is 11.1 Å². The van der Waals surface area contributed by atoms with Gasteiger partial charge in [-0.25, -0.2) is 8.42 Å². The van der Waals surface area contributed by atoms with Crippen molar-refractivity contribution in [1.82, 2.24) is 5.32 Å². The molecule has 2 aromatic carbocycles. The summed E-state index contributed by atoms with van der Waals surface area (Å²) < 4.78 is 29.3. The molecule has 24 heavy (non-hydrogen) atoms. The minimum Gasteiger partial charge on any atom is -0.312 e. The zero-order valence-electron chi connectivity index (χ0n) is 12.8. The molecule has 0 radical (unpaired) electrons. The first-order valence-electron chi connectivity index (χ1n) is 7.46. The highest BCUT2D eigenvalue weighted by atomic mass is 35.5. The van der Waals surface area contributed by atoms with Crippen molar-refractivity contribution in [3.8, 4) is 0 Å². The molecular weight excluding hydrogens is 364 g/mol. The van der Waals surface area contributed by atoms with Gasteiger partial charge in [-0.05, 0) is 53.7 Å². The van der Waals surface area contributed by atoms with Gasteiger partial charge in [-0.2, -0.15) is 0 Å². The zero-order valence-corrected chi connectivity index (χ0v) is 15.2. The summed E-state index contributed by atoms with van der Waals surface area (Å²) in [7, 11) is -3.55. The predicted octanol–water partition coefficient (Wildman–Crippen LogP) is 3.77. The first-order valence-corrected chi connectivity index (χ1v) is 9.76. The zero-order chi connectivity index (χ0) is 15.9. The molecule has 126 valence electrons. The van der Waals surface area contributed by atoms with E-state index in [1.54, 1.807) is 6.07 Å². The fraction of sp³-hybridized carbons (Fsp3) is 0.176. The van der Waals surface area contributed by atoms with Gasteiger partial charge >= 0.3 is 0 Å². The van der Waals surface area contributed by atoms with E-state index in [0.717, 1.165) is 29.6 Å². The van der Waals surface area contributed by atoms with Crippen LogP contribution < -0.4 is 10.0 Å². The smallest absolute Gasteiger partial charge is 0.271 e. The molecule has 7 heteroatoms. The van der Waals surface area contributed by atoms with Gasteiger partial charge in [-0.1, -0.05) is 24.3 Å². The van der Waals surface area contributed by atoms with Crippen LogP contribution in [-0.4, -0.2) is 15.0 Å². The van der Waals surface area contributed by atoms with Crippen molar-refractivity contribution < 1.29 is 8.42 Å². The average Bonchev–Trinajstić information content (AvgIpc) is 2.99.